The van der Waals surface area contributed by atoms with Crippen LogP contribution >= 0.6 is 0 Å². The summed E-state index contributed by atoms with van der Waals surface area (Å²) < 4.78 is 0. The van der Waals surface area contributed by atoms with Gasteiger partial charge in [0, 0.05) is 5.56 Å². The molecule has 2 heteroatoms. The quantitative estimate of drug-likeness (QED) is 0.394. The van der Waals surface area contributed by atoms with Crippen LogP contribution in [-0.4, -0.2) is 5.84 Å². The van der Waals surface area contributed by atoms with E-state index < -0.39 is 0 Å². The summed E-state index contributed by atoms with van der Waals surface area (Å²) in [6.07, 6.45) is 2.71. The van der Waals surface area contributed by atoms with Crippen molar-refractivity contribution in [2.75, 3.05) is 0 Å². The topological polar surface area (TPSA) is 49.9 Å². The van der Waals surface area contributed by atoms with Crippen molar-refractivity contribution in [2.24, 2.45) is 5.73 Å². The molecule has 12 heavy (non-hydrogen) atoms. The Bertz CT molecular complexity index is 285. The van der Waals surface area contributed by atoms with Gasteiger partial charge in [0.05, 0.1) is 0 Å². The van der Waals surface area contributed by atoms with Gasteiger partial charge in [-0.05, 0) is 12.0 Å². The van der Waals surface area contributed by atoms with Crippen molar-refractivity contribution in [3.63, 3.8) is 0 Å². The maximum atomic E-state index is 7.17. The molecule has 1 aromatic rings. The molecule has 1 rings (SSSR count). The molecule has 1 aromatic carbocycles. The standard InChI is InChI=1S/C10H12N2/c1-2-3-8-4-6-9(7-5-8)10(11)12/h2,4-7H,1,3H2,(H3,11,12). The van der Waals surface area contributed by atoms with E-state index in [0.717, 1.165) is 12.0 Å². The molecule has 0 saturated heterocycles. The van der Waals surface area contributed by atoms with Crippen LogP contribution in [0, 0.1) is 5.41 Å². The number of allylic oxidation sites excluding steroid dienone is 1. The molecule has 0 atom stereocenters. The highest BCUT2D eigenvalue weighted by Gasteiger charge is 1.94. The van der Waals surface area contributed by atoms with Crippen LogP contribution < -0.4 is 5.73 Å². The van der Waals surface area contributed by atoms with Gasteiger partial charge in [-0.25, -0.2) is 0 Å². The first-order chi connectivity index (χ1) is 5.74. The lowest BCUT2D eigenvalue weighted by Crippen LogP contribution is -2.10. The van der Waals surface area contributed by atoms with Crippen molar-refractivity contribution < 1.29 is 0 Å². The summed E-state index contributed by atoms with van der Waals surface area (Å²) in [5, 5.41) is 7.17. The van der Waals surface area contributed by atoms with E-state index in [1.807, 2.05) is 30.3 Å². The lowest BCUT2D eigenvalue weighted by atomic mass is 10.1. The summed E-state index contributed by atoms with van der Waals surface area (Å²) in [6, 6.07) is 7.61. The number of hydrogen-bond acceptors (Lipinski definition) is 1. The molecule has 0 saturated carbocycles. The Morgan fingerprint density at radius 3 is 2.42 bits per heavy atom. The molecule has 0 aliphatic rings. The van der Waals surface area contributed by atoms with Crippen molar-refractivity contribution in [3.05, 3.63) is 48.0 Å². The van der Waals surface area contributed by atoms with Gasteiger partial charge in [-0.15, -0.1) is 6.58 Å². The van der Waals surface area contributed by atoms with Crippen LogP contribution in [0.5, 0.6) is 0 Å². The zero-order valence-electron chi connectivity index (χ0n) is 6.88. The number of rotatable bonds is 3. The van der Waals surface area contributed by atoms with Gasteiger partial charge in [-0.1, -0.05) is 30.3 Å². The van der Waals surface area contributed by atoms with Crippen molar-refractivity contribution in [3.8, 4) is 0 Å². The lowest BCUT2D eigenvalue weighted by Gasteiger charge is -1.99. The predicted octanol–water partition coefficient (Wildman–Crippen LogP) is 1.70. The summed E-state index contributed by atoms with van der Waals surface area (Å²) in [5.74, 6) is 0.111. The van der Waals surface area contributed by atoms with Gasteiger partial charge in [-0.3, -0.25) is 5.41 Å². The predicted molar refractivity (Wildman–Crippen MR) is 51.4 cm³/mol. The zero-order valence-corrected chi connectivity index (χ0v) is 6.88. The van der Waals surface area contributed by atoms with Crippen LogP contribution in [0.2, 0.25) is 0 Å². The number of amidine groups is 1. The van der Waals surface area contributed by atoms with Crippen LogP contribution in [0.1, 0.15) is 11.1 Å². The van der Waals surface area contributed by atoms with Crippen LogP contribution in [-0.2, 0) is 6.42 Å². The van der Waals surface area contributed by atoms with Gasteiger partial charge >= 0.3 is 0 Å². The second kappa shape index (κ2) is 3.72. The third-order valence-electron chi connectivity index (χ3n) is 1.64. The number of benzene rings is 1. The number of hydrogen-bond donors (Lipinski definition) is 2. The highest BCUT2D eigenvalue weighted by Crippen LogP contribution is 2.04. The van der Waals surface area contributed by atoms with E-state index in [0.29, 0.717) is 0 Å². The van der Waals surface area contributed by atoms with Crippen LogP contribution in [0.3, 0.4) is 0 Å². The minimum atomic E-state index is 0.111. The van der Waals surface area contributed by atoms with E-state index in [9.17, 15) is 0 Å². The van der Waals surface area contributed by atoms with Crippen molar-refractivity contribution in [1.29, 1.82) is 5.41 Å². The molecule has 0 fully saturated rings. The molecule has 2 nitrogen and oxygen atoms in total. The molecule has 0 aliphatic carbocycles. The normalized spacial score (nSPS) is 9.33. The second-order valence-corrected chi connectivity index (χ2v) is 2.60. The molecule has 0 aliphatic heterocycles. The molecule has 0 radical (unpaired) electrons. The van der Waals surface area contributed by atoms with Crippen molar-refractivity contribution >= 4 is 5.84 Å². The Hall–Kier alpha value is -1.57. The third-order valence-corrected chi connectivity index (χ3v) is 1.64. The van der Waals surface area contributed by atoms with E-state index in [4.69, 9.17) is 11.1 Å². The minimum absolute atomic E-state index is 0.111. The summed E-state index contributed by atoms with van der Waals surface area (Å²) in [7, 11) is 0. The molecular formula is C10H12N2. The number of nitrogen functional groups attached to an aromatic ring is 1. The summed E-state index contributed by atoms with van der Waals surface area (Å²) in [6.45, 7) is 3.65. The first kappa shape index (κ1) is 8.53. The van der Waals surface area contributed by atoms with E-state index in [1.165, 1.54) is 5.56 Å². The molecule has 0 amide bonds. The minimum Gasteiger partial charge on any atom is -0.384 e. The highest BCUT2D eigenvalue weighted by molar-refractivity contribution is 5.94. The Balaban J connectivity index is 2.85. The van der Waals surface area contributed by atoms with Crippen LogP contribution in [0.4, 0.5) is 0 Å². The lowest BCUT2D eigenvalue weighted by molar-refractivity contribution is 1.27. The smallest absolute Gasteiger partial charge is 0.122 e. The fourth-order valence-corrected chi connectivity index (χ4v) is 0.987. The van der Waals surface area contributed by atoms with E-state index in [1.54, 1.807) is 0 Å². The summed E-state index contributed by atoms with van der Waals surface area (Å²) >= 11 is 0. The highest BCUT2D eigenvalue weighted by atomic mass is 14.7. The molecule has 0 aromatic heterocycles. The summed E-state index contributed by atoms with van der Waals surface area (Å²) in [4.78, 5) is 0. The van der Waals surface area contributed by atoms with Gasteiger partial charge in [-0.2, -0.15) is 0 Å². The monoisotopic (exact) mass is 160 g/mol. The van der Waals surface area contributed by atoms with E-state index >= 15 is 0 Å². The van der Waals surface area contributed by atoms with Crippen molar-refractivity contribution in [2.45, 2.75) is 6.42 Å². The molecule has 0 bridgehead atoms. The molecule has 0 heterocycles. The van der Waals surface area contributed by atoms with Gasteiger partial charge in [0.1, 0.15) is 5.84 Å². The van der Waals surface area contributed by atoms with Crippen molar-refractivity contribution in [1.82, 2.24) is 0 Å². The molecule has 3 N–H and O–H groups in total. The first-order valence-corrected chi connectivity index (χ1v) is 3.78. The molecule has 0 spiro atoms. The average molecular weight is 160 g/mol. The Kier molecular flexibility index (Phi) is 2.64. The average Bonchev–Trinajstić information content (AvgIpc) is 2.06. The molecule has 0 unspecified atom stereocenters. The van der Waals surface area contributed by atoms with Gasteiger partial charge in [0.15, 0.2) is 0 Å². The Labute approximate surface area is 72.2 Å². The maximum absolute atomic E-state index is 7.17. The van der Waals surface area contributed by atoms with Gasteiger partial charge in [0.25, 0.3) is 0 Å². The van der Waals surface area contributed by atoms with E-state index in [2.05, 4.69) is 6.58 Å². The van der Waals surface area contributed by atoms with Crippen LogP contribution in [0.25, 0.3) is 0 Å². The molecular weight excluding hydrogens is 148 g/mol. The maximum Gasteiger partial charge on any atom is 0.122 e. The van der Waals surface area contributed by atoms with Gasteiger partial charge < -0.3 is 5.73 Å². The first-order valence-electron chi connectivity index (χ1n) is 3.78. The van der Waals surface area contributed by atoms with E-state index in [-0.39, 0.29) is 5.84 Å². The summed E-state index contributed by atoms with van der Waals surface area (Å²) in [5.41, 5.74) is 7.26. The largest absolute Gasteiger partial charge is 0.384 e. The molecule has 62 valence electrons. The van der Waals surface area contributed by atoms with Gasteiger partial charge in [0.2, 0.25) is 0 Å². The SMILES string of the molecule is C=CCc1ccc(C(=N)N)cc1. The fraction of sp³-hybridized carbons (Fsp3) is 0.100. The number of nitrogens with one attached hydrogen (secondary N) is 1. The zero-order chi connectivity index (χ0) is 8.97. The third kappa shape index (κ3) is 1.95. The fourth-order valence-electron chi connectivity index (χ4n) is 0.987. The number of nitrogens with two attached hydrogens (primary N) is 1. The second-order valence-electron chi connectivity index (χ2n) is 2.60. The van der Waals surface area contributed by atoms with Crippen LogP contribution in [0.15, 0.2) is 36.9 Å². The Morgan fingerprint density at radius 1 is 1.42 bits per heavy atom. The Morgan fingerprint density at radius 2 is 2.00 bits per heavy atom.